The van der Waals surface area contributed by atoms with E-state index in [0.29, 0.717) is 10.7 Å². The average molecular weight is 364 g/mol. The average Bonchev–Trinajstić information content (AvgIpc) is 2.57. The Morgan fingerprint density at radius 2 is 1.70 bits per heavy atom. The number of rotatable bonds is 3. The molecular formula is C17H9Cl3N2O. The summed E-state index contributed by atoms with van der Waals surface area (Å²) in [7, 11) is 0. The van der Waals surface area contributed by atoms with Gasteiger partial charge in [0.2, 0.25) is 0 Å². The number of carbonyl (C=O) groups is 1. The maximum atomic E-state index is 12.2. The normalized spacial score (nSPS) is 11.3. The van der Waals surface area contributed by atoms with Crippen molar-refractivity contribution in [1.82, 2.24) is 9.97 Å². The zero-order valence-corrected chi connectivity index (χ0v) is 13.9. The molecule has 114 valence electrons. The van der Waals surface area contributed by atoms with Crippen molar-refractivity contribution in [3.8, 4) is 0 Å². The molecule has 6 heteroatoms. The third-order valence-electron chi connectivity index (χ3n) is 3.17. The summed E-state index contributed by atoms with van der Waals surface area (Å²) in [4.78, 5) is 20.9. The van der Waals surface area contributed by atoms with Crippen molar-refractivity contribution in [2.45, 2.75) is 0 Å². The SMILES string of the molecule is O=C(/C=C/c1cnc2ccccc2n1)c1ccc(Cl)c(Cl)c1Cl. The number of para-hydroxylation sites is 2. The molecule has 0 bridgehead atoms. The number of benzene rings is 2. The maximum Gasteiger partial charge on any atom is 0.187 e. The number of hydrogen-bond donors (Lipinski definition) is 0. The Kier molecular flexibility index (Phi) is 4.62. The van der Waals surface area contributed by atoms with Gasteiger partial charge in [0.25, 0.3) is 0 Å². The van der Waals surface area contributed by atoms with Gasteiger partial charge < -0.3 is 0 Å². The zero-order chi connectivity index (χ0) is 16.4. The Hall–Kier alpha value is -1.94. The molecule has 0 fully saturated rings. The fourth-order valence-corrected chi connectivity index (χ4v) is 2.65. The summed E-state index contributed by atoms with van der Waals surface area (Å²) in [6, 6.07) is 10.6. The zero-order valence-electron chi connectivity index (χ0n) is 11.6. The number of carbonyl (C=O) groups excluding carboxylic acids is 1. The number of allylic oxidation sites excluding steroid dienone is 1. The van der Waals surface area contributed by atoms with Crippen LogP contribution in [-0.2, 0) is 0 Å². The van der Waals surface area contributed by atoms with E-state index in [4.69, 9.17) is 34.8 Å². The van der Waals surface area contributed by atoms with Crippen molar-refractivity contribution < 1.29 is 4.79 Å². The van der Waals surface area contributed by atoms with Crippen LogP contribution < -0.4 is 0 Å². The fraction of sp³-hybridized carbons (Fsp3) is 0. The Bertz CT molecular complexity index is 938. The molecule has 1 heterocycles. The summed E-state index contributed by atoms with van der Waals surface area (Å²) in [5.41, 5.74) is 2.41. The van der Waals surface area contributed by atoms with E-state index < -0.39 is 0 Å². The summed E-state index contributed by atoms with van der Waals surface area (Å²) < 4.78 is 0. The van der Waals surface area contributed by atoms with E-state index in [-0.39, 0.29) is 21.4 Å². The molecule has 3 nitrogen and oxygen atoms in total. The molecule has 0 N–H and O–H groups in total. The number of ketones is 1. The number of aromatic nitrogens is 2. The summed E-state index contributed by atoms with van der Waals surface area (Å²) in [6.07, 6.45) is 4.56. The highest BCUT2D eigenvalue weighted by Crippen LogP contribution is 2.33. The summed E-state index contributed by atoms with van der Waals surface area (Å²) in [6.45, 7) is 0. The third kappa shape index (κ3) is 3.37. The molecule has 0 atom stereocenters. The quantitative estimate of drug-likeness (QED) is 0.351. The summed E-state index contributed by atoms with van der Waals surface area (Å²) in [5, 5.41) is 0.606. The second-order valence-corrected chi connectivity index (χ2v) is 5.87. The van der Waals surface area contributed by atoms with Crippen molar-refractivity contribution in [3.63, 3.8) is 0 Å². The summed E-state index contributed by atoms with van der Waals surface area (Å²) in [5.74, 6) is -0.288. The van der Waals surface area contributed by atoms with Crippen LogP contribution in [0, 0.1) is 0 Å². The van der Waals surface area contributed by atoms with Gasteiger partial charge in [0.05, 0.1) is 38.0 Å². The van der Waals surface area contributed by atoms with Crippen molar-refractivity contribution in [2.75, 3.05) is 0 Å². The topological polar surface area (TPSA) is 42.9 Å². The van der Waals surface area contributed by atoms with Gasteiger partial charge in [0.15, 0.2) is 5.78 Å². The Morgan fingerprint density at radius 3 is 2.48 bits per heavy atom. The molecule has 2 aromatic carbocycles. The number of hydrogen-bond acceptors (Lipinski definition) is 3. The van der Waals surface area contributed by atoms with Crippen LogP contribution in [0.2, 0.25) is 15.1 Å². The van der Waals surface area contributed by atoms with Crippen molar-refractivity contribution in [3.05, 3.63) is 75.0 Å². The van der Waals surface area contributed by atoms with E-state index in [9.17, 15) is 4.79 Å². The van der Waals surface area contributed by atoms with Gasteiger partial charge in [-0.15, -0.1) is 0 Å². The molecular weight excluding hydrogens is 355 g/mol. The van der Waals surface area contributed by atoms with Gasteiger partial charge in [-0.25, -0.2) is 4.98 Å². The van der Waals surface area contributed by atoms with Crippen LogP contribution in [0.5, 0.6) is 0 Å². The standard InChI is InChI=1S/C17H9Cl3N2O/c18-12-7-6-11(16(19)17(12)20)15(23)8-5-10-9-21-13-3-1-2-4-14(13)22-10/h1-9H/b8-5+. The van der Waals surface area contributed by atoms with Crippen LogP contribution in [-0.4, -0.2) is 15.8 Å². The lowest BCUT2D eigenvalue weighted by molar-refractivity contribution is 0.104. The lowest BCUT2D eigenvalue weighted by atomic mass is 10.1. The van der Waals surface area contributed by atoms with E-state index >= 15 is 0 Å². The fourth-order valence-electron chi connectivity index (χ4n) is 2.02. The molecule has 3 rings (SSSR count). The predicted molar refractivity (Wildman–Crippen MR) is 94.4 cm³/mol. The van der Waals surface area contributed by atoms with Gasteiger partial charge in [-0.05, 0) is 36.4 Å². The first kappa shape index (κ1) is 15.9. The Balaban J connectivity index is 1.89. The van der Waals surface area contributed by atoms with E-state index in [2.05, 4.69) is 9.97 Å². The van der Waals surface area contributed by atoms with Gasteiger partial charge in [0, 0.05) is 5.56 Å². The highest BCUT2D eigenvalue weighted by atomic mass is 35.5. The highest BCUT2D eigenvalue weighted by molar-refractivity contribution is 6.49. The monoisotopic (exact) mass is 362 g/mol. The van der Waals surface area contributed by atoms with Gasteiger partial charge in [-0.1, -0.05) is 46.9 Å². The van der Waals surface area contributed by atoms with Gasteiger partial charge in [-0.3, -0.25) is 9.78 Å². The minimum absolute atomic E-state index is 0.137. The van der Waals surface area contributed by atoms with Gasteiger partial charge in [-0.2, -0.15) is 0 Å². The van der Waals surface area contributed by atoms with Crippen LogP contribution in [0.4, 0.5) is 0 Å². The number of nitrogens with zero attached hydrogens (tertiary/aromatic N) is 2. The van der Waals surface area contributed by atoms with E-state index in [0.717, 1.165) is 11.0 Å². The largest absolute Gasteiger partial charge is 0.289 e. The minimum atomic E-state index is -0.288. The molecule has 0 aliphatic rings. The van der Waals surface area contributed by atoms with Gasteiger partial charge in [0.1, 0.15) is 0 Å². The molecule has 0 saturated heterocycles. The molecule has 0 unspecified atom stereocenters. The van der Waals surface area contributed by atoms with Crippen LogP contribution in [0.25, 0.3) is 17.1 Å². The number of halogens is 3. The predicted octanol–water partition coefficient (Wildman–Crippen LogP) is 5.49. The second-order valence-electron chi connectivity index (χ2n) is 4.70. The van der Waals surface area contributed by atoms with Gasteiger partial charge >= 0.3 is 0 Å². The van der Waals surface area contributed by atoms with E-state index in [1.165, 1.54) is 18.2 Å². The molecule has 0 aliphatic carbocycles. The lowest BCUT2D eigenvalue weighted by Gasteiger charge is -2.03. The highest BCUT2D eigenvalue weighted by Gasteiger charge is 2.13. The van der Waals surface area contributed by atoms with Crippen molar-refractivity contribution in [1.29, 1.82) is 0 Å². The lowest BCUT2D eigenvalue weighted by Crippen LogP contribution is -1.96. The Labute approximate surface area is 147 Å². The van der Waals surface area contributed by atoms with E-state index in [1.54, 1.807) is 12.3 Å². The smallest absolute Gasteiger partial charge is 0.187 e. The molecule has 0 radical (unpaired) electrons. The molecule has 0 aliphatic heterocycles. The Morgan fingerprint density at radius 1 is 0.957 bits per heavy atom. The first-order valence-corrected chi connectivity index (χ1v) is 7.77. The maximum absolute atomic E-state index is 12.2. The van der Waals surface area contributed by atoms with Crippen molar-refractivity contribution >= 4 is 57.7 Å². The van der Waals surface area contributed by atoms with Crippen LogP contribution in [0.15, 0.2) is 48.7 Å². The van der Waals surface area contributed by atoms with Crippen molar-refractivity contribution in [2.24, 2.45) is 0 Å². The van der Waals surface area contributed by atoms with E-state index in [1.807, 2.05) is 24.3 Å². The first-order chi connectivity index (χ1) is 11.1. The molecule has 0 amide bonds. The van der Waals surface area contributed by atoms with Crippen LogP contribution in [0.3, 0.4) is 0 Å². The van der Waals surface area contributed by atoms with Crippen LogP contribution in [0.1, 0.15) is 16.1 Å². The third-order valence-corrected chi connectivity index (χ3v) is 4.47. The molecule has 3 aromatic rings. The molecule has 0 spiro atoms. The minimum Gasteiger partial charge on any atom is -0.289 e. The number of fused-ring (bicyclic) bond motifs is 1. The molecule has 1 aromatic heterocycles. The second kappa shape index (κ2) is 6.67. The summed E-state index contributed by atoms with van der Waals surface area (Å²) >= 11 is 17.9. The van der Waals surface area contributed by atoms with Crippen LogP contribution >= 0.6 is 34.8 Å². The molecule has 0 saturated carbocycles. The first-order valence-electron chi connectivity index (χ1n) is 6.64. The molecule has 23 heavy (non-hydrogen) atoms.